The van der Waals surface area contributed by atoms with E-state index in [9.17, 15) is 4.39 Å². The van der Waals surface area contributed by atoms with Crippen LogP contribution in [0.2, 0.25) is 0 Å². The highest BCUT2D eigenvalue weighted by Crippen LogP contribution is 2.30. The van der Waals surface area contributed by atoms with Gasteiger partial charge in [-0.25, -0.2) is 4.39 Å². The SMILES string of the molecule is NC1CC(Cc2cc(Br)ccc2F)C1. The Kier molecular flexibility index (Phi) is 2.88. The summed E-state index contributed by atoms with van der Waals surface area (Å²) in [6.45, 7) is 0. The van der Waals surface area contributed by atoms with E-state index >= 15 is 0 Å². The van der Waals surface area contributed by atoms with Crippen LogP contribution in [0.15, 0.2) is 22.7 Å². The van der Waals surface area contributed by atoms with Crippen molar-refractivity contribution in [3.63, 3.8) is 0 Å². The van der Waals surface area contributed by atoms with Gasteiger partial charge in [-0.2, -0.15) is 0 Å². The molecular formula is C11H13BrFN. The maximum absolute atomic E-state index is 13.3. The van der Waals surface area contributed by atoms with Crippen molar-refractivity contribution >= 4 is 15.9 Å². The minimum absolute atomic E-state index is 0.103. The van der Waals surface area contributed by atoms with Crippen LogP contribution in [0.1, 0.15) is 18.4 Å². The number of benzene rings is 1. The minimum atomic E-state index is -0.103. The topological polar surface area (TPSA) is 26.0 Å². The third-order valence-corrected chi connectivity index (χ3v) is 3.28. The van der Waals surface area contributed by atoms with Gasteiger partial charge in [0.1, 0.15) is 5.82 Å². The van der Waals surface area contributed by atoms with Crippen molar-refractivity contribution in [2.75, 3.05) is 0 Å². The van der Waals surface area contributed by atoms with E-state index in [4.69, 9.17) is 5.73 Å². The lowest BCUT2D eigenvalue weighted by Crippen LogP contribution is -2.37. The average Bonchev–Trinajstić information content (AvgIpc) is 2.09. The second-order valence-electron chi connectivity index (χ2n) is 4.04. The maximum atomic E-state index is 13.3. The highest BCUT2D eigenvalue weighted by atomic mass is 79.9. The number of nitrogens with two attached hydrogens (primary N) is 1. The first-order chi connectivity index (χ1) is 6.65. The monoisotopic (exact) mass is 257 g/mol. The van der Waals surface area contributed by atoms with E-state index in [1.165, 1.54) is 6.07 Å². The van der Waals surface area contributed by atoms with Gasteiger partial charge in [0.25, 0.3) is 0 Å². The van der Waals surface area contributed by atoms with E-state index < -0.39 is 0 Å². The van der Waals surface area contributed by atoms with Gasteiger partial charge in [-0.15, -0.1) is 0 Å². The largest absolute Gasteiger partial charge is 0.328 e. The molecule has 1 aromatic rings. The van der Waals surface area contributed by atoms with E-state index in [0.29, 0.717) is 12.0 Å². The van der Waals surface area contributed by atoms with Crippen LogP contribution in [0.4, 0.5) is 4.39 Å². The number of hydrogen-bond donors (Lipinski definition) is 1. The normalized spacial score (nSPS) is 25.9. The fraction of sp³-hybridized carbons (Fsp3) is 0.455. The molecule has 1 fully saturated rings. The van der Waals surface area contributed by atoms with Crippen LogP contribution in [-0.4, -0.2) is 6.04 Å². The van der Waals surface area contributed by atoms with E-state index in [0.717, 1.165) is 29.3 Å². The molecule has 0 heterocycles. The molecule has 1 aliphatic rings. The molecule has 1 saturated carbocycles. The first kappa shape index (κ1) is 10.1. The lowest BCUT2D eigenvalue weighted by Gasteiger charge is -2.32. The van der Waals surface area contributed by atoms with Crippen molar-refractivity contribution < 1.29 is 4.39 Å². The Morgan fingerprint density at radius 1 is 1.43 bits per heavy atom. The summed E-state index contributed by atoms with van der Waals surface area (Å²) in [5.74, 6) is 0.475. The summed E-state index contributed by atoms with van der Waals surface area (Å²) in [6, 6.07) is 5.44. The summed E-state index contributed by atoms with van der Waals surface area (Å²) in [4.78, 5) is 0. The zero-order valence-electron chi connectivity index (χ0n) is 7.84. The summed E-state index contributed by atoms with van der Waals surface area (Å²) in [7, 11) is 0. The fourth-order valence-electron chi connectivity index (χ4n) is 1.96. The Balaban J connectivity index is 2.05. The van der Waals surface area contributed by atoms with Crippen molar-refractivity contribution in [1.82, 2.24) is 0 Å². The van der Waals surface area contributed by atoms with E-state index in [-0.39, 0.29) is 5.82 Å². The molecule has 76 valence electrons. The van der Waals surface area contributed by atoms with Gasteiger partial charge in [-0.3, -0.25) is 0 Å². The van der Waals surface area contributed by atoms with E-state index in [1.54, 1.807) is 6.07 Å². The third kappa shape index (κ3) is 2.15. The quantitative estimate of drug-likeness (QED) is 0.867. The first-order valence-electron chi connectivity index (χ1n) is 4.84. The molecule has 14 heavy (non-hydrogen) atoms. The number of rotatable bonds is 2. The van der Waals surface area contributed by atoms with Crippen LogP contribution in [0.5, 0.6) is 0 Å². The van der Waals surface area contributed by atoms with Gasteiger partial charge >= 0.3 is 0 Å². The van der Waals surface area contributed by atoms with Crippen LogP contribution >= 0.6 is 15.9 Å². The molecule has 0 atom stereocenters. The van der Waals surface area contributed by atoms with Gasteiger partial charge in [-0.1, -0.05) is 15.9 Å². The third-order valence-electron chi connectivity index (χ3n) is 2.79. The van der Waals surface area contributed by atoms with Crippen molar-refractivity contribution in [2.24, 2.45) is 11.7 Å². The molecule has 1 aliphatic carbocycles. The zero-order chi connectivity index (χ0) is 10.1. The molecule has 1 aromatic carbocycles. The molecule has 2 N–H and O–H groups in total. The molecule has 3 heteroatoms. The summed E-state index contributed by atoms with van der Waals surface area (Å²) in [6.07, 6.45) is 2.89. The predicted octanol–water partition coefficient (Wildman–Crippen LogP) is 2.87. The van der Waals surface area contributed by atoms with Gasteiger partial charge in [0, 0.05) is 10.5 Å². The number of halogens is 2. The summed E-state index contributed by atoms with van der Waals surface area (Å²) in [5.41, 5.74) is 6.49. The van der Waals surface area contributed by atoms with Gasteiger partial charge in [0.15, 0.2) is 0 Å². The Morgan fingerprint density at radius 2 is 2.14 bits per heavy atom. The summed E-state index contributed by atoms with van der Waals surface area (Å²) >= 11 is 3.35. The fourth-order valence-corrected chi connectivity index (χ4v) is 2.37. The predicted molar refractivity (Wildman–Crippen MR) is 58.5 cm³/mol. The Hall–Kier alpha value is -0.410. The maximum Gasteiger partial charge on any atom is 0.126 e. The molecule has 1 nitrogen and oxygen atoms in total. The minimum Gasteiger partial charge on any atom is -0.328 e. The Bertz CT molecular complexity index is 334. The van der Waals surface area contributed by atoms with Crippen molar-refractivity contribution in [1.29, 1.82) is 0 Å². The van der Waals surface area contributed by atoms with Gasteiger partial charge in [0.2, 0.25) is 0 Å². The number of hydrogen-bond acceptors (Lipinski definition) is 1. The zero-order valence-corrected chi connectivity index (χ0v) is 9.43. The molecule has 0 aromatic heterocycles. The van der Waals surface area contributed by atoms with Crippen LogP contribution in [0.25, 0.3) is 0 Å². The molecule has 0 amide bonds. The molecule has 0 unspecified atom stereocenters. The molecule has 0 radical (unpaired) electrons. The molecule has 2 rings (SSSR count). The molecular weight excluding hydrogens is 245 g/mol. The molecule has 0 spiro atoms. The second kappa shape index (κ2) is 3.99. The van der Waals surface area contributed by atoms with Gasteiger partial charge in [-0.05, 0) is 48.9 Å². The van der Waals surface area contributed by atoms with Gasteiger partial charge in [0.05, 0.1) is 0 Å². The lowest BCUT2D eigenvalue weighted by molar-refractivity contribution is 0.262. The van der Waals surface area contributed by atoms with Crippen molar-refractivity contribution in [2.45, 2.75) is 25.3 Å². The molecule has 0 saturated heterocycles. The first-order valence-corrected chi connectivity index (χ1v) is 5.64. The average molecular weight is 258 g/mol. The van der Waals surface area contributed by atoms with Crippen LogP contribution in [-0.2, 0) is 6.42 Å². The highest BCUT2D eigenvalue weighted by Gasteiger charge is 2.26. The molecule has 0 bridgehead atoms. The lowest BCUT2D eigenvalue weighted by atomic mass is 9.77. The standard InChI is InChI=1S/C11H13BrFN/c12-9-1-2-11(13)8(6-9)3-7-4-10(14)5-7/h1-2,6-7,10H,3-5,14H2. The van der Waals surface area contributed by atoms with Crippen LogP contribution < -0.4 is 5.73 Å². The smallest absolute Gasteiger partial charge is 0.126 e. The Morgan fingerprint density at radius 3 is 2.79 bits per heavy atom. The summed E-state index contributed by atoms with van der Waals surface area (Å²) in [5, 5.41) is 0. The van der Waals surface area contributed by atoms with E-state index in [1.807, 2.05) is 6.07 Å². The Labute approximate surface area is 91.6 Å². The van der Waals surface area contributed by atoms with Crippen molar-refractivity contribution in [3.8, 4) is 0 Å². The van der Waals surface area contributed by atoms with Crippen LogP contribution in [0.3, 0.4) is 0 Å². The molecule has 0 aliphatic heterocycles. The highest BCUT2D eigenvalue weighted by molar-refractivity contribution is 9.10. The van der Waals surface area contributed by atoms with Crippen LogP contribution in [0, 0.1) is 11.7 Å². The second-order valence-corrected chi connectivity index (χ2v) is 4.95. The van der Waals surface area contributed by atoms with E-state index in [2.05, 4.69) is 15.9 Å². The summed E-state index contributed by atoms with van der Waals surface area (Å²) < 4.78 is 14.3. The van der Waals surface area contributed by atoms with Crippen molar-refractivity contribution in [3.05, 3.63) is 34.1 Å². The van der Waals surface area contributed by atoms with Gasteiger partial charge < -0.3 is 5.73 Å².